The van der Waals surface area contributed by atoms with Crippen LogP contribution in [0.1, 0.15) is 29.8 Å². The summed E-state index contributed by atoms with van der Waals surface area (Å²) in [6.07, 6.45) is 6.00. The highest BCUT2D eigenvalue weighted by molar-refractivity contribution is 6.30. The SMILES string of the molecule is O=C(c1cn2cc(Cl)ccc2n1)N1CC2CC(C(=O)N3CCCC3)C(C1)O2. The highest BCUT2D eigenvalue weighted by Gasteiger charge is 2.47. The van der Waals surface area contributed by atoms with Gasteiger partial charge in [-0.05, 0) is 31.4 Å². The molecule has 0 radical (unpaired) electrons. The number of ether oxygens (including phenoxy) is 1. The third-order valence-electron chi connectivity index (χ3n) is 5.81. The van der Waals surface area contributed by atoms with E-state index >= 15 is 0 Å². The number of hydrogen-bond donors (Lipinski definition) is 0. The van der Waals surface area contributed by atoms with E-state index in [4.69, 9.17) is 16.3 Å². The van der Waals surface area contributed by atoms with Crippen LogP contribution in [0, 0.1) is 5.92 Å². The number of amides is 2. The third-order valence-corrected chi connectivity index (χ3v) is 6.04. The molecule has 3 fully saturated rings. The maximum absolute atomic E-state index is 13.0. The second-order valence-electron chi connectivity index (χ2n) is 7.62. The molecule has 0 saturated carbocycles. The molecule has 0 spiro atoms. The summed E-state index contributed by atoms with van der Waals surface area (Å²) in [6, 6.07) is 3.54. The number of likely N-dealkylation sites (tertiary alicyclic amines) is 2. The molecule has 8 heteroatoms. The van der Waals surface area contributed by atoms with Gasteiger partial charge in [0.05, 0.1) is 23.1 Å². The Morgan fingerprint density at radius 2 is 1.93 bits per heavy atom. The quantitative estimate of drug-likeness (QED) is 0.787. The first-order chi connectivity index (χ1) is 13.1. The monoisotopic (exact) mass is 388 g/mol. The molecular formula is C19H21ClN4O3. The standard InChI is InChI=1S/C19H21ClN4O3/c20-12-3-4-17-21-15(10-23(17)8-12)19(26)24-9-13-7-14(16(11-24)27-13)18(25)22-5-1-2-6-22/h3-4,8,10,13-14,16H,1-2,5-7,9,11H2. The summed E-state index contributed by atoms with van der Waals surface area (Å²) in [5, 5.41) is 0.589. The van der Waals surface area contributed by atoms with Crippen LogP contribution in [-0.2, 0) is 9.53 Å². The van der Waals surface area contributed by atoms with E-state index in [9.17, 15) is 9.59 Å². The fourth-order valence-electron chi connectivity index (χ4n) is 4.49. The predicted molar refractivity (Wildman–Crippen MR) is 98.7 cm³/mol. The first-order valence-corrected chi connectivity index (χ1v) is 9.84. The van der Waals surface area contributed by atoms with E-state index in [2.05, 4.69) is 4.98 Å². The molecule has 5 rings (SSSR count). The van der Waals surface area contributed by atoms with Crippen molar-refractivity contribution in [1.82, 2.24) is 19.2 Å². The molecule has 3 saturated heterocycles. The van der Waals surface area contributed by atoms with Crippen LogP contribution in [0.4, 0.5) is 0 Å². The van der Waals surface area contributed by atoms with Crippen molar-refractivity contribution in [2.45, 2.75) is 31.5 Å². The van der Waals surface area contributed by atoms with Crippen molar-refractivity contribution < 1.29 is 14.3 Å². The van der Waals surface area contributed by atoms with Gasteiger partial charge in [-0.1, -0.05) is 11.6 Å². The summed E-state index contributed by atoms with van der Waals surface area (Å²) in [4.78, 5) is 33.9. The van der Waals surface area contributed by atoms with E-state index in [1.165, 1.54) is 0 Å². The second-order valence-corrected chi connectivity index (χ2v) is 8.06. The topological polar surface area (TPSA) is 67.2 Å². The smallest absolute Gasteiger partial charge is 0.274 e. The minimum atomic E-state index is -0.215. The normalized spacial score (nSPS) is 27.5. The van der Waals surface area contributed by atoms with Gasteiger partial charge in [-0.25, -0.2) is 4.98 Å². The van der Waals surface area contributed by atoms with Gasteiger partial charge in [0.2, 0.25) is 5.91 Å². The molecule has 7 nitrogen and oxygen atoms in total. The van der Waals surface area contributed by atoms with Crippen molar-refractivity contribution in [2.24, 2.45) is 5.92 Å². The Kier molecular flexibility index (Phi) is 4.09. The maximum atomic E-state index is 13.0. The first-order valence-electron chi connectivity index (χ1n) is 9.46. The van der Waals surface area contributed by atoms with Gasteiger partial charge in [0, 0.05) is 38.6 Å². The van der Waals surface area contributed by atoms with Crippen LogP contribution < -0.4 is 0 Å². The van der Waals surface area contributed by atoms with Gasteiger partial charge in [0.15, 0.2) is 0 Å². The van der Waals surface area contributed by atoms with Crippen molar-refractivity contribution in [3.8, 4) is 0 Å². The van der Waals surface area contributed by atoms with E-state index < -0.39 is 0 Å². The van der Waals surface area contributed by atoms with Gasteiger partial charge in [-0.3, -0.25) is 9.59 Å². The summed E-state index contributed by atoms with van der Waals surface area (Å²) >= 11 is 6.01. The zero-order valence-electron chi connectivity index (χ0n) is 14.9. The van der Waals surface area contributed by atoms with E-state index in [1.807, 2.05) is 4.90 Å². The molecule has 0 aliphatic carbocycles. The van der Waals surface area contributed by atoms with E-state index in [0.29, 0.717) is 35.9 Å². The van der Waals surface area contributed by atoms with Gasteiger partial charge < -0.3 is 18.9 Å². The Morgan fingerprint density at radius 3 is 2.74 bits per heavy atom. The van der Waals surface area contributed by atoms with E-state index in [-0.39, 0.29) is 29.9 Å². The Labute approximate surface area is 161 Å². The molecule has 0 aromatic carbocycles. The zero-order valence-corrected chi connectivity index (χ0v) is 15.6. The first kappa shape index (κ1) is 17.0. The van der Waals surface area contributed by atoms with Crippen LogP contribution >= 0.6 is 11.6 Å². The van der Waals surface area contributed by atoms with Crippen LogP contribution in [0.3, 0.4) is 0 Å². The van der Waals surface area contributed by atoms with Crippen LogP contribution in [0.5, 0.6) is 0 Å². The molecule has 3 aliphatic heterocycles. The minimum Gasteiger partial charge on any atom is -0.370 e. The van der Waals surface area contributed by atoms with Crippen LogP contribution in [0.25, 0.3) is 5.65 Å². The molecule has 3 aliphatic rings. The van der Waals surface area contributed by atoms with Crippen molar-refractivity contribution in [2.75, 3.05) is 26.2 Å². The highest BCUT2D eigenvalue weighted by atomic mass is 35.5. The second kappa shape index (κ2) is 6.49. The lowest BCUT2D eigenvalue weighted by atomic mass is 9.99. The van der Waals surface area contributed by atoms with Gasteiger partial charge in [0.1, 0.15) is 11.3 Å². The molecule has 3 unspecified atom stereocenters. The third kappa shape index (κ3) is 2.99. The number of carbonyl (C=O) groups excluding carboxylic acids is 2. The number of nitrogens with zero attached hydrogens (tertiary/aromatic N) is 4. The van der Waals surface area contributed by atoms with Gasteiger partial charge in [-0.15, -0.1) is 0 Å². The number of aromatic nitrogens is 2. The van der Waals surface area contributed by atoms with Crippen molar-refractivity contribution in [3.63, 3.8) is 0 Å². The molecule has 27 heavy (non-hydrogen) atoms. The van der Waals surface area contributed by atoms with Crippen molar-refractivity contribution in [3.05, 3.63) is 35.2 Å². The molecule has 142 valence electrons. The number of fused-ring (bicyclic) bond motifs is 3. The average molecular weight is 389 g/mol. The van der Waals surface area contributed by atoms with Crippen LogP contribution in [0.2, 0.25) is 5.02 Å². The lowest BCUT2D eigenvalue weighted by Crippen LogP contribution is -2.48. The minimum absolute atomic E-state index is 0.0734. The number of halogens is 1. The number of hydrogen-bond acceptors (Lipinski definition) is 4. The van der Waals surface area contributed by atoms with Crippen LogP contribution in [0.15, 0.2) is 24.5 Å². The number of carbonyl (C=O) groups is 2. The molecule has 2 aromatic rings. The van der Waals surface area contributed by atoms with Crippen molar-refractivity contribution in [1.29, 1.82) is 0 Å². The Hall–Kier alpha value is -2.12. The predicted octanol–water partition coefficient (Wildman–Crippen LogP) is 1.84. The van der Waals surface area contributed by atoms with E-state index in [1.54, 1.807) is 33.8 Å². The molecule has 0 N–H and O–H groups in total. The van der Waals surface area contributed by atoms with Gasteiger partial charge in [-0.2, -0.15) is 0 Å². The zero-order chi connectivity index (χ0) is 18.5. The summed E-state index contributed by atoms with van der Waals surface area (Å²) in [7, 11) is 0. The fourth-order valence-corrected chi connectivity index (χ4v) is 4.65. The molecule has 3 atom stereocenters. The number of rotatable bonds is 2. The molecule has 2 aromatic heterocycles. The average Bonchev–Trinajstić information content (AvgIpc) is 3.39. The van der Waals surface area contributed by atoms with Crippen LogP contribution in [-0.4, -0.2) is 69.4 Å². The molecule has 2 bridgehead atoms. The maximum Gasteiger partial charge on any atom is 0.274 e. The van der Waals surface area contributed by atoms with Gasteiger partial charge >= 0.3 is 0 Å². The summed E-state index contributed by atoms with van der Waals surface area (Å²) < 4.78 is 7.75. The highest BCUT2D eigenvalue weighted by Crippen LogP contribution is 2.34. The summed E-state index contributed by atoms with van der Waals surface area (Å²) in [5.41, 5.74) is 1.07. The lowest BCUT2D eigenvalue weighted by Gasteiger charge is -2.32. The fraction of sp³-hybridized carbons (Fsp3) is 0.526. The number of pyridine rings is 1. The Balaban J connectivity index is 1.33. The lowest BCUT2D eigenvalue weighted by molar-refractivity contribution is -0.137. The Morgan fingerprint density at radius 1 is 1.11 bits per heavy atom. The molecular weight excluding hydrogens is 368 g/mol. The van der Waals surface area contributed by atoms with Gasteiger partial charge in [0.25, 0.3) is 5.91 Å². The summed E-state index contributed by atoms with van der Waals surface area (Å²) in [5.74, 6) is -0.0650. The largest absolute Gasteiger partial charge is 0.370 e. The summed E-state index contributed by atoms with van der Waals surface area (Å²) in [6.45, 7) is 2.64. The number of imidazole rings is 1. The number of morpholine rings is 1. The Bertz CT molecular complexity index is 907. The molecule has 2 amide bonds. The van der Waals surface area contributed by atoms with Crippen molar-refractivity contribution >= 4 is 29.1 Å². The van der Waals surface area contributed by atoms with E-state index in [0.717, 1.165) is 25.9 Å². The molecule has 5 heterocycles.